The number of carbonyl (C=O) groups excluding carboxylic acids is 3. The topological polar surface area (TPSA) is 78.9 Å². The lowest BCUT2D eigenvalue weighted by Gasteiger charge is -2.31. The smallest absolute Gasteiger partial charge is 0.305 e. The first-order chi connectivity index (χ1) is 21.9. The normalized spacial score (nSPS) is 11.5. The molecule has 0 rings (SSSR count). The fraction of sp³-hybridized carbons (Fsp3) is 0.923. The second kappa shape index (κ2) is 32.4. The van der Waals surface area contributed by atoms with Crippen LogP contribution in [-0.4, -0.2) is 37.7 Å². The minimum atomic E-state index is -0.723. The number of hydrogen-bond acceptors (Lipinski definition) is 6. The van der Waals surface area contributed by atoms with E-state index in [1.807, 2.05) is 6.92 Å². The van der Waals surface area contributed by atoms with Gasteiger partial charge < -0.3 is 14.2 Å². The molecule has 0 N–H and O–H groups in total. The highest BCUT2D eigenvalue weighted by atomic mass is 16.6. The largest absolute Gasteiger partial charge is 0.465 e. The Morgan fingerprint density at radius 1 is 0.356 bits per heavy atom. The van der Waals surface area contributed by atoms with Gasteiger partial charge in [0, 0.05) is 19.3 Å². The highest BCUT2D eigenvalue weighted by molar-refractivity contribution is 5.70. The molecule has 266 valence electrons. The summed E-state index contributed by atoms with van der Waals surface area (Å²) >= 11 is 0. The molecule has 0 aliphatic carbocycles. The van der Waals surface area contributed by atoms with Gasteiger partial charge in [-0.1, -0.05) is 163 Å². The van der Waals surface area contributed by atoms with E-state index in [2.05, 4.69) is 20.8 Å². The van der Waals surface area contributed by atoms with Crippen molar-refractivity contribution in [3.63, 3.8) is 0 Å². The summed E-state index contributed by atoms with van der Waals surface area (Å²) in [6, 6.07) is 0. The lowest BCUT2D eigenvalue weighted by Crippen LogP contribution is -2.39. The summed E-state index contributed by atoms with van der Waals surface area (Å²) in [5.41, 5.74) is -0.723. The molecule has 0 saturated heterocycles. The number of unbranched alkanes of at least 4 members (excludes halogenated alkanes) is 21. The standard InChI is InChI=1S/C39H74O6/c1-5-9-12-15-18-21-24-27-30-36(40)43-33-39(8-4,34-44-37(41)31-28-25-22-19-16-13-10-6-2)35-45-38(42)32-29-26-23-20-17-14-11-7-3/h5-35H2,1-4H3. The summed E-state index contributed by atoms with van der Waals surface area (Å²) < 4.78 is 17.1. The number of carbonyl (C=O) groups is 3. The predicted octanol–water partition coefficient (Wildman–Crippen LogP) is 11.6. The maximum Gasteiger partial charge on any atom is 0.305 e. The first-order valence-electron chi connectivity index (χ1n) is 19.4. The Morgan fingerprint density at radius 2 is 0.578 bits per heavy atom. The van der Waals surface area contributed by atoms with Crippen LogP contribution >= 0.6 is 0 Å². The highest BCUT2D eigenvalue weighted by Gasteiger charge is 2.34. The van der Waals surface area contributed by atoms with Crippen molar-refractivity contribution in [1.29, 1.82) is 0 Å². The third-order valence-electron chi connectivity index (χ3n) is 9.07. The Bertz CT molecular complexity index is 603. The molecular weight excluding hydrogens is 564 g/mol. The second-order valence-electron chi connectivity index (χ2n) is 13.5. The fourth-order valence-corrected chi connectivity index (χ4v) is 5.56. The molecule has 0 fully saturated rings. The molecule has 0 unspecified atom stereocenters. The van der Waals surface area contributed by atoms with E-state index in [4.69, 9.17) is 14.2 Å². The van der Waals surface area contributed by atoms with Crippen molar-refractivity contribution in [2.75, 3.05) is 19.8 Å². The molecule has 0 radical (unpaired) electrons. The molecule has 0 atom stereocenters. The maximum atomic E-state index is 12.6. The predicted molar refractivity (Wildman–Crippen MR) is 187 cm³/mol. The third kappa shape index (κ3) is 28.4. The van der Waals surface area contributed by atoms with Crippen LogP contribution < -0.4 is 0 Å². The molecule has 0 aliphatic heterocycles. The van der Waals surface area contributed by atoms with Gasteiger partial charge in [0.2, 0.25) is 0 Å². The Morgan fingerprint density at radius 3 is 0.800 bits per heavy atom. The van der Waals surface area contributed by atoms with Crippen molar-refractivity contribution in [3.05, 3.63) is 0 Å². The summed E-state index contributed by atoms with van der Waals surface area (Å²) in [6.07, 6.45) is 29.8. The van der Waals surface area contributed by atoms with Crippen molar-refractivity contribution in [3.8, 4) is 0 Å². The number of rotatable bonds is 34. The van der Waals surface area contributed by atoms with Crippen LogP contribution in [0.15, 0.2) is 0 Å². The molecule has 0 spiro atoms. The van der Waals surface area contributed by atoms with Gasteiger partial charge >= 0.3 is 17.9 Å². The van der Waals surface area contributed by atoms with Crippen LogP contribution in [0.2, 0.25) is 0 Å². The van der Waals surface area contributed by atoms with E-state index in [0.29, 0.717) is 25.7 Å². The summed E-state index contributed by atoms with van der Waals surface area (Å²) in [5.74, 6) is -0.682. The third-order valence-corrected chi connectivity index (χ3v) is 9.07. The van der Waals surface area contributed by atoms with E-state index >= 15 is 0 Å². The van der Waals surface area contributed by atoms with Gasteiger partial charge in [0.15, 0.2) is 0 Å². The zero-order chi connectivity index (χ0) is 33.3. The molecule has 0 aromatic carbocycles. The van der Waals surface area contributed by atoms with Crippen molar-refractivity contribution in [1.82, 2.24) is 0 Å². The van der Waals surface area contributed by atoms with Gasteiger partial charge in [-0.3, -0.25) is 14.4 Å². The SMILES string of the molecule is CCCCCCCCCCC(=O)OCC(CC)(COC(=O)CCCCCCCCCC)COC(=O)CCCCCCCCCC. The molecule has 45 heavy (non-hydrogen) atoms. The van der Waals surface area contributed by atoms with E-state index in [0.717, 1.165) is 57.8 Å². The average molecular weight is 639 g/mol. The quantitative estimate of drug-likeness (QED) is 0.0396. The summed E-state index contributed by atoms with van der Waals surface area (Å²) in [7, 11) is 0. The van der Waals surface area contributed by atoms with Gasteiger partial charge in [0.05, 0.1) is 5.41 Å². The van der Waals surface area contributed by atoms with E-state index in [1.165, 1.54) is 96.3 Å². The Balaban J connectivity index is 4.67. The van der Waals surface area contributed by atoms with Crippen molar-refractivity contribution < 1.29 is 28.6 Å². The minimum Gasteiger partial charge on any atom is -0.465 e. The number of esters is 3. The Hall–Kier alpha value is -1.59. The molecule has 6 heteroatoms. The monoisotopic (exact) mass is 639 g/mol. The lowest BCUT2D eigenvalue weighted by molar-refractivity contribution is -0.162. The van der Waals surface area contributed by atoms with Gasteiger partial charge in [-0.05, 0) is 25.7 Å². The van der Waals surface area contributed by atoms with Crippen LogP contribution in [0, 0.1) is 5.41 Å². The second-order valence-corrected chi connectivity index (χ2v) is 13.5. The average Bonchev–Trinajstić information content (AvgIpc) is 3.04. The number of hydrogen-bond donors (Lipinski definition) is 0. The first kappa shape index (κ1) is 43.4. The van der Waals surface area contributed by atoms with Crippen LogP contribution in [0.25, 0.3) is 0 Å². The van der Waals surface area contributed by atoms with Crippen molar-refractivity contribution in [2.24, 2.45) is 5.41 Å². The van der Waals surface area contributed by atoms with Crippen LogP contribution in [0.1, 0.15) is 207 Å². The molecule has 6 nitrogen and oxygen atoms in total. The molecule has 0 aromatic heterocycles. The van der Waals surface area contributed by atoms with E-state index in [-0.39, 0.29) is 37.7 Å². The fourth-order valence-electron chi connectivity index (χ4n) is 5.56. The van der Waals surface area contributed by atoms with E-state index in [1.54, 1.807) is 0 Å². The van der Waals surface area contributed by atoms with Crippen LogP contribution in [0.3, 0.4) is 0 Å². The van der Waals surface area contributed by atoms with Crippen LogP contribution in [0.4, 0.5) is 0 Å². The Kier molecular flexibility index (Phi) is 31.2. The summed E-state index contributed by atoms with van der Waals surface area (Å²) in [6.45, 7) is 8.93. The van der Waals surface area contributed by atoms with Crippen LogP contribution in [-0.2, 0) is 28.6 Å². The molecular formula is C39H74O6. The van der Waals surface area contributed by atoms with Crippen molar-refractivity contribution >= 4 is 17.9 Å². The van der Waals surface area contributed by atoms with Gasteiger partial charge in [0.1, 0.15) is 19.8 Å². The molecule has 0 amide bonds. The minimum absolute atomic E-state index is 0.0927. The van der Waals surface area contributed by atoms with Gasteiger partial charge in [0.25, 0.3) is 0 Å². The van der Waals surface area contributed by atoms with Gasteiger partial charge in [-0.2, -0.15) is 0 Å². The van der Waals surface area contributed by atoms with E-state index < -0.39 is 5.41 Å². The summed E-state index contributed by atoms with van der Waals surface area (Å²) in [5, 5.41) is 0. The number of ether oxygens (including phenoxy) is 3. The zero-order valence-electron chi connectivity index (χ0n) is 30.4. The van der Waals surface area contributed by atoms with Gasteiger partial charge in [-0.25, -0.2) is 0 Å². The zero-order valence-corrected chi connectivity index (χ0v) is 30.4. The first-order valence-corrected chi connectivity index (χ1v) is 19.4. The molecule has 0 aliphatic rings. The van der Waals surface area contributed by atoms with Crippen LogP contribution in [0.5, 0.6) is 0 Å². The molecule has 0 aromatic rings. The summed E-state index contributed by atoms with van der Waals surface area (Å²) in [4.78, 5) is 37.8. The van der Waals surface area contributed by atoms with E-state index in [9.17, 15) is 14.4 Å². The maximum absolute atomic E-state index is 12.6. The Labute approximate surface area is 278 Å². The van der Waals surface area contributed by atoms with Crippen molar-refractivity contribution in [2.45, 2.75) is 207 Å². The highest BCUT2D eigenvalue weighted by Crippen LogP contribution is 2.26. The molecule has 0 bridgehead atoms. The molecule has 0 saturated carbocycles. The lowest BCUT2D eigenvalue weighted by atomic mass is 9.88. The molecule has 0 heterocycles. The van der Waals surface area contributed by atoms with Gasteiger partial charge in [-0.15, -0.1) is 0 Å².